The predicted molar refractivity (Wildman–Crippen MR) is 93.2 cm³/mol. The number of unbranched alkanes of at least 4 members (excludes halogenated alkanes) is 8. The summed E-state index contributed by atoms with van der Waals surface area (Å²) < 4.78 is 10.5. The van der Waals surface area contributed by atoms with Crippen molar-refractivity contribution in [1.29, 1.82) is 0 Å². The second-order valence-electron chi connectivity index (χ2n) is 7.40. The van der Waals surface area contributed by atoms with Crippen LogP contribution in [0.1, 0.15) is 98.8 Å². The average Bonchev–Trinajstić information content (AvgIpc) is 2.43. The molecule has 0 aliphatic heterocycles. The Labute approximate surface area is 138 Å². The van der Waals surface area contributed by atoms with Crippen LogP contribution in [-0.4, -0.2) is 18.4 Å². The van der Waals surface area contributed by atoms with Gasteiger partial charge in [0.15, 0.2) is 0 Å². The molecule has 0 aromatic heterocycles. The van der Waals surface area contributed by atoms with Crippen LogP contribution in [0.5, 0.6) is 0 Å². The van der Waals surface area contributed by atoms with Crippen LogP contribution in [0.15, 0.2) is 0 Å². The molecular formula is C19H38O3. The van der Waals surface area contributed by atoms with Gasteiger partial charge in [0, 0.05) is 0 Å². The van der Waals surface area contributed by atoms with Gasteiger partial charge >= 0.3 is 6.16 Å². The SMILES string of the molecule is CCCCCCCCCCCC(C)(C)OC(=O)OCC(C)C. The van der Waals surface area contributed by atoms with E-state index in [9.17, 15) is 4.79 Å². The molecule has 0 aromatic rings. The Hall–Kier alpha value is -0.730. The van der Waals surface area contributed by atoms with Gasteiger partial charge in [-0.05, 0) is 32.6 Å². The molecule has 0 spiro atoms. The van der Waals surface area contributed by atoms with E-state index in [2.05, 4.69) is 6.92 Å². The zero-order valence-corrected chi connectivity index (χ0v) is 15.6. The maximum atomic E-state index is 11.6. The van der Waals surface area contributed by atoms with Crippen molar-refractivity contribution in [1.82, 2.24) is 0 Å². The summed E-state index contributed by atoms with van der Waals surface area (Å²) in [6.07, 6.45) is 12.1. The molecule has 0 saturated carbocycles. The summed E-state index contributed by atoms with van der Waals surface area (Å²) in [5.41, 5.74) is -0.421. The summed E-state index contributed by atoms with van der Waals surface area (Å²) in [7, 11) is 0. The highest BCUT2D eigenvalue weighted by Gasteiger charge is 2.23. The third kappa shape index (κ3) is 14.2. The Morgan fingerprint density at radius 2 is 1.41 bits per heavy atom. The van der Waals surface area contributed by atoms with Crippen molar-refractivity contribution < 1.29 is 14.3 Å². The van der Waals surface area contributed by atoms with Crippen molar-refractivity contribution >= 4 is 6.16 Å². The van der Waals surface area contributed by atoms with Gasteiger partial charge in [-0.15, -0.1) is 0 Å². The molecule has 0 rings (SSSR count). The lowest BCUT2D eigenvalue weighted by Gasteiger charge is -2.24. The van der Waals surface area contributed by atoms with Gasteiger partial charge in [-0.3, -0.25) is 0 Å². The molecule has 22 heavy (non-hydrogen) atoms. The lowest BCUT2D eigenvalue weighted by Crippen LogP contribution is -2.29. The number of hydrogen-bond donors (Lipinski definition) is 0. The summed E-state index contributed by atoms with van der Waals surface area (Å²) in [5.74, 6) is 0.341. The van der Waals surface area contributed by atoms with E-state index >= 15 is 0 Å². The molecule has 0 amide bonds. The quantitative estimate of drug-likeness (QED) is 0.288. The number of carbonyl (C=O) groups excluding carboxylic acids is 1. The highest BCUT2D eigenvalue weighted by Crippen LogP contribution is 2.20. The molecule has 0 bridgehead atoms. The fraction of sp³-hybridized carbons (Fsp3) is 0.947. The Morgan fingerprint density at radius 1 is 0.909 bits per heavy atom. The lowest BCUT2D eigenvalue weighted by atomic mass is 9.99. The molecule has 0 atom stereocenters. The molecule has 132 valence electrons. The monoisotopic (exact) mass is 314 g/mol. The van der Waals surface area contributed by atoms with Gasteiger partial charge in [-0.2, -0.15) is 0 Å². The van der Waals surface area contributed by atoms with Crippen LogP contribution in [0.4, 0.5) is 4.79 Å². The van der Waals surface area contributed by atoms with Gasteiger partial charge < -0.3 is 9.47 Å². The molecule has 0 aromatic carbocycles. The minimum absolute atomic E-state index is 0.341. The van der Waals surface area contributed by atoms with Crippen molar-refractivity contribution in [2.45, 2.75) is 104 Å². The first-order valence-electron chi connectivity index (χ1n) is 9.23. The van der Waals surface area contributed by atoms with E-state index in [0.717, 1.165) is 12.8 Å². The van der Waals surface area contributed by atoms with E-state index in [-0.39, 0.29) is 0 Å². The van der Waals surface area contributed by atoms with Crippen molar-refractivity contribution in [2.75, 3.05) is 6.61 Å². The molecule has 0 saturated heterocycles. The first kappa shape index (κ1) is 21.3. The van der Waals surface area contributed by atoms with Crippen molar-refractivity contribution in [3.63, 3.8) is 0 Å². The Kier molecular flexibility index (Phi) is 12.4. The summed E-state index contributed by atoms with van der Waals surface area (Å²) in [6.45, 7) is 10.6. The molecule has 0 aliphatic carbocycles. The summed E-state index contributed by atoms with van der Waals surface area (Å²) in [5, 5.41) is 0. The second-order valence-corrected chi connectivity index (χ2v) is 7.40. The van der Waals surface area contributed by atoms with E-state index in [1.807, 2.05) is 27.7 Å². The van der Waals surface area contributed by atoms with Crippen LogP contribution in [0.25, 0.3) is 0 Å². The van der Waals surface area contributed by atoms with E-state index in [1.54, 1.807) is 0 Å². The fourth-order valence-electron chi connectivity index (χ4n) is 2.40. The number of hydrogen-bond acceptors (Lipinski definition) is 3. The third-order valence-corrected chi connectivity index (χ3v) is 3.78. The molecule has 0 fully saturated rings. The summed E-state index contributed by atoms with van der Waals surface area (Å²) in [4.78, 5) is 11.6. The smallest absolute Gasteiger partial charge is 0.434 e. The first-order valence-corrected chi connectivity index (χ1v) is 9.23. The standard InChI is InChI=1S/C19H38O3/c1-6-7-8-9-10-11-12-13-14-15-19(4,5)22-18(20)21-16-17(2)3/h17H,6-16H2,1-5H3. The molecule has 0 N–H and O–H groups in total. The maximum Gasteiger partial charge on any atom is 0.508 e. The average molecular weight is 315 g/mol. The van der Waals surface area contributed by atoms with Gasteiger partial charge in [-0.1, -0.05) is 72.1 Å². The zero-order chi connectivity index (χ0) is 16.8. The molecule has 0 aliphatic rings. The van der Waals surface area contributed by atoms with E-state index in [1.165, 1.54) is 51.4 Å². The second kappa shape index (κ2) is 12.8. The molecule has 0 radical (unpaired) electrons. The normalized spacial score (nSPS) is 11.7. The predicted octanol–water partition coefficient (Wildman–Crippen LogP) is 6.50. The summed E-state index contributed by atoms with van der Waals surface area (Å²) >= 11 is 0. The highest BCUT2D eigenvalue weighted by molar-refractivity contribution is 5.60. The number of rotatable bonds is 13. The molecule has 3 heteroatoms. The van der Waals surface area contributed by atoms with Gasteiger partial charge in [-0.25, -0.2) is 4.79 Å². The molecule has 3 nitrogen and oxygen atoms in total. The van der Waals surface area contributed by atoms with Crippen LogP contribution < -0.4 is 0 Å². The van der Waals surface area contributed by atoms with Crippen LogP contribution >= 0.6 is 0 Å². The largest absolute Gasteiger partial charge is 0.508 e. The lowest BCUT2D eigenvalue weighted by molar-refractivity contribution is -0.0250. The zero-order valence-electron chi connectivity index (χ0n) is 15.6. The maximum absolute atomic E-state index is 11.6. The molecule has 0 heterocycles. The topological polar surface area (TPSA) is 35.5 Å². The van der Waals surface area contributed by atoms with Crippen molar-refractivity contribution in [2.24, 2.45) is 5.92 Å². The van der Waals surface area contributed by atoms with Crippen LogP contribution in [-0.2, 0) is 9.47 Å². The van der Waals surface area contributed by atoms with Crippen LogP contribution in [0.3, 0.4) is 0 Å². The molecule has 0 unspecified atom stereocenters. The Morgan fingerprint density at radius 3 is 1.91 bits per heavy atom. The van der Waals surface area contributed by atoms with Crippen molar-refractivity contribution in [3.8, 4) is 0 Å². The number of carbonyl (C=O) groups is 1. The fourth-order valence-corrected chi connectivity index (χ4v) is 2.40. The highest BCUT2D eigenvalue weighted by atomic mass is 16.7. The van der Waals surface area contributed by atoms with Crippen LogP contribution in [0, 0.1) is 5.92 Å². The van der Waals surface area contributed by atoms with Gasteiger partial charge in [0.2, 0.25) is 0 Å². The van der Waals surface area contributed by atoms with Crippen LogP contribution in [0.2, 0.25) is 0 Å². The Bertz CT molecular complexity index is 272. The minimum atomic E-state index is -0.533. The van der Waals surface area contributed by atoms with Gasteiger partial charge in [0.1, 0.15) is 5.60 Å². The van der Waals surface area contributed by atoms with Gasteiger partial charge in [0.05, 0.1) is 6.61 Å². The van der Waals surface area contributed by atoms with E-state index in [0.29, 0.717) is 12.5 Å². The van der Waals surface area contributed by atoms with Gasteiger partial charge in [0.25, 0.3) is 0 Å². The first-order chi connectivity index (χ1) is 10.4. The third-order valence-electron chi connectivity index (χ3n) is 3.78. The molecular weight excluding hydrogens is 276 g/mol. The minimum Gasteiger partial charge on any atom is -0.434 e. The van der Waals surface area contributed by atoms with Crippen molar-refractivity contribution in [3.05, 3.63) is 0 Å². The Balaban J connectivity index is 3.56. The van der Waals surface area contributed by atoms with E-state index in [4.69, 9.17) is 9.47 Å². The van der Waals surface area contributed by atoms with E-state index < -0.39 is 11.8 Å². The summed E-state index contributed by atoms with van der Waals surface area (Å²) in [6, 6.07) is 0. The number of ether oxygens (including phenoxy) is 2.